The van der Waals surface area contributed by atoms with Crippen molar-refractivity contribution in [3.05, 3.63) is 35.5 Å². The van der Waals surface area contributed by atoms with Gasteiger partial charge in [-0.05, 0) is 58.7 Å². The highest BCUT2D eigenvalue weighted by Crippen LogP contribution is 2.40. The Bertz CT molecular complexity index is 1320. The SMILES string of the molecule is CCc1nc2cc(-c3cc4ccn([C@H]5CC(C)(C)NC(C)(C)[C@H]5F)c4nn3)c(O)cc2s1. The molecule has 0 radical (unpaired) electrons. The van der Waals surface area contributed by atoms with Crippen LogP contribution in [0.5, 0.6) is 5.75 Å². The van der Waals surface area contributed by atoms with Gasteiger partial charge in [-0.2, -0.15) is 0 Å². The lowest BCUT2D eigenvalue weighted by Crippen LogP contribution is -2.64. The molecule has 6 nitrogen and oxygen atoms in total. The van der Waals surface area contributed by atoms with Crippen LogP contribution < -0.4 is 5.32 Å². The van der Waals surface area contributed by atoms with E-state index in [0.717, 1.165) is 27.0 Å². The van der Waals surface area contributed by atoms with Gasteiger partial charge < -0.3 is 15.0 Å². The van der Waals surface area contributed by atoms with E-state index in [4.69, 9.17) is 0 Å². The van der Waals surface area contributed by atoms with Gasteiger partial charge in [0.25, 0.3) is 0 Å². The van der Waals surface area contributed by atoms with Crippen LogP contribution in [0.4, 0.5) is 4.39 Å². The third-order valence-electron chi connectivity index (χ3n) is 6.36. The molecule has 0 unspecified atom stereocenters. The molecule has 0 saturated carbocycles. The van der Waals surface area contributed by atoms with Gasteiger partial charge in [-0.25, -0.2) is 9.37 Å². The van der Waals surface area contributed by atoms with Crippen LogP contribution in [0.25, 0.3) is 32.5 Å². The summed E-state index contributed by atoms with van der Waals surface area (Å²) in [6.07, 6.45) is 2.33. The first-order chi connectivity index (χ1) is 15.1. The van der Waals surface area contributed by atoms with E-state index < -0.39 is 11.7 Å². The van der Waals surface area contributed by atoms with Crippen molar-refractivity contribution in [3.63, 3.8) is 0 Å². The molecule has 2 atom stereocenters. The number of hydrogen-bond donors (Lipinski definition) is 2. The molecule has 0 bridgehead atoms. The number of aromatic hydroxyl groups is 1. The lowest BCUT2D eigenvalue weighted by atomic mass is 9.78. The molecule has 1 aromatic carbocycles. The first kappa shape index (κ1) is 21.3. The number of phenolic OH excluding ortho intramolecular Hbond substituents is 1. The summed E-state index contributed by atoms with van der Waals surface area (Å²) in [5.41, 5.74) is 1.81. The number of nitrogens with zero attached hydrogens (tertiary/aromatic N) is 4. The number of piperidine rings is 1. The lowest BCUT2D eigenvalue weighted by molar-refractivity contribution is 0.0313. The van der Waals surface area contributed by atoms with Crippen LogP contribution in [0.15, 0.2) is 30.5 Å². The molecule has 3 aromatic heterocycles. The Labute approximate surface area is 190 Å². The number of benzene rings is 1. The fourth-order valence-electron chi connectivity index (χ4n) is 5.06. The number of aromatic nitrogens is 4. The fraction of sp³-hybridized carbons (Fsp3) is 0.458. The minimum atomic E-state index is -1.07. The first-order valence-corrected chi connectivity index (χ1v) is 11.8. The smallest absolute Gasteiger partial charge is 0.162 e. The summed E-state index contributed by atoms with van der Waals surface area (Å²) in [6.45, 7) is 10.1. The van der Waals surface area contributed by atoms with Crippen molar-refractivity contribution in [1.29, 1.82) is 0 Å². The highest BCUT2D eigenvalue weighted by Gasteiger charge is 2.47. The van der Waals surface area contributed by atoms with Gasteiger partial charge >= 0.3 is 0 Å². The molecule has 0 aliphatic carbocycles. The van der Waals surface area contributed by atoms with Crippen LogP contribution in [-0.4, -0.2) is 42.1 Å². The topological polar surface area (TPSA) is 75.9 Å². The summed E-state index contributed by atoms with van der Waals surface area (Å²) >= 11 is 1.59. The Hall–Kier alpha value is -2.58. The summed E-state index contributed by atoms with van der Waals surface area (Å²) < 4.78 is 18.3. The number of hydrogen-bond acceptors (Lipinski definition) is 6. The molecule has 1 aliphatic rings. The van der Waals surface area contributed by atoms with Gasteiger partial charge in [-0.1, -0.05) is 6.92 Å². The molecule has 0 amide bonds. The summed E-state index contributed by atoms with van der Waals surface area (Å²) in [7, 11) is 0. The summed E-state index contributed by atoms with van der Waals surface area (Å²) in [5, 5.41) is 24.8. The average Bonchev–Trinajstić information content (AvgIpc) is 3.32. The number of alkyl halides is 1. The molecule has 168 valence electrons. The molecule has 32 heavy (non-hydrogen) atoms. The fourth-order valence-corrected chi connectivity index (χ4v) is 5.98. The van der Waals surface area contributed by atoms with Crippen molar-refractivity contribution in [2.45, 2.75) is 70.8 Å². The second-order valence-electron chi connectivity index (χ2n) is 9.93. The number of aryl methyl sites for hydroxylation is 1. The number of thiazole rings is 1. The van der Waals surface area contributed by atoms with Gasteiger partial charge in [0.2, 0.25) is 0 Å². The molecule has 2 N–H and O–H groups in total. The van der Waals surface area contributed by atoms with Gasteiger partial charge in [0.05, 0.1) is 27.0 Å². The summed E-state index contributed by atoms with van der Waals surface area (Å²) in [5.74, 6) is 0.155. The molecule has 4 aromatic rings. The third-order valence-corrected chi connectivity index (χ3v) is 7.52. The van der Waals surface area contributed by atoms with Crippen molar-refractivity contribution >= 4 is 32.6 Å². The van der Waals surface area contributed by atoms with E-state index in [2.05, 4.69) is 41.3 Å². The molecular formula is C24H28FN5OS. The Kier molecular flexibility index (Phi) is 4.80. The summed E-state index contributed by atoms with van der Waals surface area (Å²) in [4.78, 5) is 4.63. The van der Waals surface area contributed by atoms with E-state index >= 15 is 4.39 Å². The quantitative estimate of drug-likeness (QED) is 0.434. The van der Waals surface area contributed by atoms with E-state index in [1.165, 1.54) is 0 Å². The molecule has 5 rings (SSSR count). The Morgan fingerprint density at radius 3 is 2.75 bits per heavy atom. The van der Waals surface area contributed by atoms with Gasteiger partial charge in [-0.3, -0.25) is 0 Å². The maximum Gasteiger partial charge on any atom is 0.162 e. The largest absolute Gasteiger partial charge is 0.507 e. The average molecular weight is 454 g/mol. The maximum absolute atomic E-state index is 15.5. The Morgan fingerprint density at radius 1 is 1.22 bits per heavy atom. The number of phenols is 1. The minimum Gasteiger partial charge on any atom is -0.507 e. The zero-order chi connectivity index (χ0) is 22.8. The zero-order valence-electron chi connectivity index (χ0n) is 19.0. The molecule has 8 heteroatoms. The van der Waals surface area contributed by atoms with Gasteiger partial charge in [0.15, 0.2) is 5.65 Å². The molecule has 1 aliphatic heterocycles. The number of halogens is 1. The standard InChI is InChI=1S/C24H28FN5OS/c1-6-20-26-16-10-14(18(31)11-19(16)32-20)15-9-13-7-8-30(22(13)28-27-15)17-12-23(2,3)29-24(4,5)21(17)25/h7-11,17,21,29,31H,6,12H2,1-5H3/t17-,21-/m0/s1. The lowest BCUT2D eigenvalue weighted by Gasteiger charge is -2.49. The predicted octanol–water partition coefficient (Wildman–Crippen LogP) is 5.41. The van der Waals surface area contributed by atoms with Gasteiger partial charge in [0, 0.05) is 34.3 Å². The number of rotatable bonds is 3. The van der Waals surface area contributed by atoms with Crippen molar-refractivity contribution in [2.24, 2.45) is 0 Å². The monoisotopic (exact) mass is 453 g/mol. The van der Waals surface area contributed by atoms with E-state index in [0.29, 0.717) is 23.3 Å². The van der Waals surface area contributed by atoms with Crippen LogP contribution in [0.3, 0.4) is 0 Å². The van der Waals surface area contributed by atoms with E-state index in [9.17, 15) is 5.11 Å². The number of nitrogens with one attached hydrogen (secondary N) is 1. The van der Waals surface area contributed by atoms with E-state index in [1.807, 2.05) is 42.8 Å². The van der Waals surface area contributed by atoms with Crippen LogP contribution in [0.1, 0.15) is 52.1 Å². The highest BCUT2D eigenvalue weighted by atomic mass is 32.1. The van der Waals surface area contributed by atoms with E-state index in [1.54, 1.807) is 17.4 Å². The van der Waals surface area contributed by atoms with E-state index in [-0.39, 0.29) is 17.3 Å². The van der Waals surface area contributed by atoms with Gasteiger partial charge in [-0.15, -0.1) is 21.5 Å². The zero-order valence-corrected chi connectivity index (χ0v) is 19.8. The van der Waals surface area contributed by atoms with Crippen LogP contribution >= 0.6 is 11.3 Å². The minimum absolute atomic E-state index is 0.155. The van der Waals surface area contributed by atoms with Crippen LogP contribution in [-0.2, 0) is 6.42 Å². The first-order valence-electron chi connectivity index (χ1n) is 11.0. The summed E-state index contributed by atoms with van der Waals surface area (Å²) in [6, 6.07) is 7.10. The van der Waals surface area contributed by atoms with Crippen molar-refractivity contribution in [3.8, 4) is 17.0 Å². The second-order valence-corrected chi connectivity index (χ2v) is 11.0. The third kappa shape index (κ3) is 3.46. The molecule has 1 fully saturated rings. The molecule has 0 spiro atoms. The molecule has 4 heterocycles. The second kappa shape index (κ2) is 7.22. The Balaban J connectivity index is 1.56. The van der Waals surface area contributed by atoms with Crippen LogP contribution in [0, 0.1) is 0 Å². The highest BCUT2D eigenvalue weighted by molar-refractivity contribution is 7.18. The van der Waals surface area contributed by atoms with Crippen molar-refractivity contribution in [2.75, 3.05) is 0 Å². The predicted molar refractivity (Wildman–Crippen MR) is 127 cm³/mol. The maximum atomic E-state index is 15.5. The van der Waals surface area contributed by atoms with Gasteiger partial charge in [0.1, 0.15) is 11.9 Å². The normalized spacial score (nSPS) is 22.6. The van der Waals surface area contributed by atoms with Crippen molar-refractivity contribution < 1.29 is 9.50 Å². The van der Waals surface area contributed by atoms with Crippen LogP contribution in [0.2, 0.25) is 0 Å². The van der Waals surface area contributed by atoms with Crippen molar-refractivity contribution in [1.82, 2.24) is 25.1 Å². The Morgan fingerprint density at radius 2 is 2.00 bits per heavy atom. The molecule has 1 saturated heterocycles. The number of fused-ring (bicyclic) bond motifs is 2. The molecular weight excluding hydrogens is 425 g/mol.